The second-order valence-corrected chi connectivity index (χ2v) is 11.1. The van der Waals surface area contributed by atoms with Gasteiger partial charge in [-0.2, -0.15) is 0 Å². The van der Waals surface area contributed by atoms with Crippen LogP contribution in [-0.2, 0) is 36.7 Å². The van der Waals surface area contributed by atoms with Gasteiger partial charge in [0.15, 0.2) is 0 Å². The van der Waals surface area contributed by atoms with Crippen LogP contribution in [0.4, 0.5) is 0 Å². The number of hydrogen-bond donors (Lipinski definition) is 0. The molecule has 6 heteroatoms. The summed E-state index contributed by atoms with van der Waals surface area (Å²) in [5.74, 6) is -0.672. The number of hydrogen-bond acceptors (Lipinski definition) is 6. The molecule has 44 heavy (non-hydrogen) atoms. The molecule has 0 aliphatic carbocycles. The fourth-order valence-corrected chi connectivity index (χ4v) is 4.42. The molecule has 6 nitrogen and oxygen atoms in total. The lowest BCUT2D eigenvalue weighted by Crippen LogP contribution is -2.07. The van der Waals surface area contributed by atoms with Crippen molar-refractivity contribution in [3.63, 3.8) is 0 Å². The van der Waals surface area contributed by atoms with Crippen LogP contribution in [0.25, 0.3) is 22.3 Å². The molecule has 0 radical (unpaired) electrons. The maximum absolute atomic E-state index is 11.8. The SMILES string of the molecule is C=C(C)C(=O)OCCCCc1cc(CCCCOC(=O)C(=C)C)cc(-c2ccc(-c3ccc(OC(=O)C(=C)C)cc3)cc2)c1. The van der Waals surface area contributed by atoms with E-state index in [1.54, 1.807) is 32.9 Å². The summed E-state index contributed by atoms with van der Waals surface area (Å²) in [5.41, 5.74) is 7.92. The Kier molecular flexibility index (Phi) is 12.9. The fraction of sp³-hybridized carbons (Fsp3) is 0.289. The van der Waals surface area contributed by atoms with Gasteiger partial charge in [-0.15, -0.1) is 0 Å². The number of esters is 3. The molecule has 3 aromatic carbocycles. The van der Waals surface area contributed by atoms with Gasteiger partial charge in [-0.3, -0.25) is 0 Å². The molecule has 0 fully saturated rings. The molecule has 0 saturated heterocycles. The van der Waals surface area contributed by atoms with Crippen molar-refractivity contribution in [3.8, 4) is 28.0 Å². The first kappa shape index (κ1) is 33.8. The maximum atomic E-state index is 11.8. The standard InChI is InChI=1S/C38H42O6/c1-26(2)36(39)42-21-9-7-11-29-23-30(12-8-10-22-43-37(40)27(3)4)25-34(24-29)33-15-13-31(14-16-33)32-17-19-35(20-18-32)44-38(41)28(5)6/h13-20,23-25H,1,3,5,7-12,21-22H2,2,4,6H3. The Hall–Kier alpha value is -4.71. The Labute approximate surface area is 261 Å². The first-order valence-electron chi connectivity index (χ1n) is 14.9. The molecule has 0 heterocycles. The van der Waals surface area contributed by atoms with Crippen LogP contribution in [0.2, 0.25) is 0 Å². The number of carbonyl (C=O) groups is 3. The quantitative estimate of drug-likeness (QED) is 0.0717. The zero-order valence-electron chi connectivity index (χ0n) is 26.1. The minimum Gasteiger partial charge on any atom is -0.462 e. The van der Waals surface area contributed by atoms with E-state index in [4.69, 9.17) is 14.2 Å². The topological polar surface area (TPSA) is 78.9 Å². The summed E-state index contributed by atoms with van der Waals surface area (Å²) in [6.45, 7) is 16.5. The van der Waals surface area contributed by atoms with Gasteiger partial charge in [0.05, 0.1) is 13.2 Å². The maximum Gasteiger partial charge on any atom is 0.338 e. The van der Waals surface area contributed by atoms with E-state index < -0.39 is 5.97 Å². The normalized spacial score (nSPS) is 10.5. The van der Waals surface area contributed by atoms with Gasteiger partial charge in [-0.05, 0) is 105 Å². The van der Waals surface area contributed by atoms with Gasteiger partial charge in [-0.25, -0.2) is 14.4 Å². The average molecular weight is 595 g/mol. The van der Waals surface area contributed by atoms with Crippen LogP contribution in [0.5, 0.6) is 5.75 Å². The van der Waals surface area contributed by atoms with Crippen molar-refractivity contribution in [1.82, 2.24) is 0 Å². The Morgan fingerprint density at radius 2 is 0.909 bits per heavy atom. The molecule has 0 aliphatic rings. The third-order valence-electron chi connectivity index (χ3n) is 6.90. The summed E-state index contributed by atoms with van der Waals surface area (Å²) < 4.78 is 15.8. The molecular formula is C38H42O6. The predicted octanol–water partition coefficient (Wildman–Crippen LogP) is 8.39. The van der Waals surface area contributed by atoms with Crippen molar-refractivity contribution in [2.75, 3.05) is 13.2 Å². The van der Waals surface area contributed by atoms with Gasteiger partial charge in [0.1, 0.15) is 5.75 Å². The molecule has 0 aromatic heterocycles. The molecule has 0 amide bonds. The van der Waals surface area contributed by atoms with Crippen molar-refractivity contribution in [2.45, 2.75) is 59.3 Å². The van der Waals surface area contributed by atoms with Crippen molar-refractivity contribution < 1.29 is 28.6 Å². The molecule has 3 aromatic rings. The predicted molar refractivity (Wildman–Crippen MR) is 175 cm³/mol. The fourth-order valence-electron chi connectivity index (χ4n) is 4.42. The van der Waals surface area contributed by atoms with Crippen LogP contribution in [-0.4, -0.2) is 31.1 Å². The highest BCUT2D eigenvalue weighted by molar-refractivity contribution is 5.89. The van der Waals surface area contributed by atoms with E-state index in [0.29, 0.717) is 35.7 Å². The zero-order chi connectivity index (χ0) is 32.1. The molecule has 0 spiro atoms. The molecule has 0 unspecified atom stereocenters. The third-order valence-corrected chi connectivity index (χ3v) is 6.90. The molecular weight excluding hydrogens is 552 g/mol. The molecule has 0 atom stereocenters. The summed E-state index contributed by atoms with van der Waals surface area (Å²) >= 11 is 0. The monoisotopic (exact) mass is 594 g/mol. The highest BCUT2D eigenvalue weighted by Gasteiger charge is 2.09. The van der Waals surface area contributed by atoms with E-state index in [1.165, 1.54) is 11.1 Å². The van der Waals surface area contributed by atoms with Gasteiger partial charge in [-0.1, -0.05) is 74.3 Å². The lowest BCUT2D eigenvalue weighted by molar-refractivity contribution is -0.139. The Morgan fingerprint density at radius 1 is 0.523 bits per heavy atom. The van der Waals surface area contributed by atoms with Crippen LogP contribution in [0, 0.1) is 0 Å². The highest BCUT2D eigenvalue weighted by atomic mass is 16.5. The lowest BCUT2D eigenvalue weighted by atomic mass is 9.94. The molecule has 0 bridgehead atoms. The molecule has 230 valence electrons. The van der Waals surface area contributed by atoms with Crippen molar-refractivity contribution in [3.05, 3.63) is 114 Å². The highest BCUT2D eigenvalue weighted by Crippen LogP contribution is 2.29. The number of unbranched alkanes of at least 4 members (excludes halogenated alkanes) is 2. The van der Waals surface area contributed by atoms with E-state index in [1.807, 2.05) is 12.1 Å². The summed E-state index contributed by atoms with van der Waals surface area (Å²) in [7, 11) is 0. The summed E-state index contributed by atoms with van der Waals surface area (Å²) in [6, 6.07) is 22.5. The Balaban J connectivity index is 1.70. The first-order valence-corrected chi connectivity index (χ1v) is 14.9. The third kappa shape index (κ3) is 10.8. The molecule has 0 aliphatic heterocycles. The first-order chi connectivity index (χ1) is 21.0. The number of ether oxygens (including phenoxy) is 3. The van der Waals surface area contributed by atoms with Crippen molar-refractivity contribution >= 4 is 17.9 Å². The number of rotatable bonds is 16. The average Bonchev–Trinajstić information content (AvgIpc) is 3.00. The molecule has 0 saturated carbocycles. The number of carbonyl (C=O) groups excluding carboxylic acids is 3. The van der Waals surface area contributed by atoms with E-state index >= 15 is 0 Å². The molecule has 0 N–H and O–H groups in total. The Bertz CT molecular complexity index is 1440. The van der Waals surface area contributed by atoms with Gasteiger partial charge in [0.2, 0.25) is 0 Å². The van der Waals surface area contributed by atoms with Crippen molar-refractivity contribution in [1.29, 1.82) is 0 Å². The minimum atomic E-state index is -0.443. The second-order valence-electron chi connectivity index (χ2n) is 11.1. The van der Waals surface area contributed by atoms with E-state index in [0.717, 1.165) is 60.8 Å². The van der Waals surface area contributed by atoms with Gasteiger partial charge < -0.3 is 14.2 Å². The summed E-state index contributed by atoms with van der Waals surface area (Å²) in [6.07, 6.45) is 5.04. The second kappa shape index (κ2) is 16.8. The van der Waals surface area contributed by atoms with E-state index in [9.17, 15) is 14.4 Å². The minimum absolute atomic E-state index is 0.352. The lowest BCUT2D eigenvalue weighted by Gasteiger charge is -2.12. The van der Waals surface area contributed by atoms with Crippen LogP contribution >= 0.6 is 0 Å². The van der Waals surface area contributed by atoms with Crippen LogP contribution in [0.15, 0.2) is 103 Å². The van der Waals surface area contributed by atoms with Crippen LogP contribution < -0.4 is 4.74 Å². The number of aryl methyl sites for hydroxylation is 2. The van der Waals surface area contributed by atoms with Crippen molar-refractivity contribution in [2.24, 2.45) is 0 Å². The van der Waals surface area contributed by atoms with E-state index in [-0.39, 0.29) is 11.9 Å². The van der Waals surface area contributed by atoms with Gasteiger partial charge in [0, 0.05) is 16.7 Å². The Morgan fingerprint density at radius 3 is 1.32 bits per heavy atom. The van der Waals surface area contributed by atoms with Crippen LogP contribution in [0.3, 0.4) is 0 Å². The van der Waals surface area contributed by atoms with E-state index in [2.05, 4.69) is 62.2 Å². The number of benzene rings is 3. The van der Waals surface area contributed by atoms with Crippen LogP contribution in [0.1, 0.15) is 57.6 Å². The zero-order valence-corrected chi connectivity index (χ0v) is 26.1. The summed E-state index contributed by atoms with van der Waals surface area (Å²) in [5, 5.41) is 0. The van der Waals surface area contributed by atoms with Gasteiger partial charge >= 0.3 is 17.9 Å². The largest absolute Gasteiger partial charge is 0.462 e. The summed E-state index contributed by atoms with van der Waals surface area (Å²) in [4.78, 5) is 35.1. The smallest absolute Gasteiger partial charge is 0.338 e. The molecule has 3 rings (SSSR count). The van der Waals surface area contributed by atoms with Gasteiger partial charge in [0.25, 0.3) is 0 Å².